The highest BCUT2D eigenvalue weighted by Crippen LogP contribution is 2.48. The first-order valence-electron chi connectivity index (χ1n) is 12.4. The molecule has 0 saturated carbocycles. The summed E-state index contributed by atoms with van der Waals surface area (Å²) in [6.45, 7) is 4.30. The molecule has 1 aliphatic heterocycles. The topological polar surface area (TPSA) is 233 Å². The summed E-state index contributed by atoms with van der Waals surface area (Å²) < 4.78 is 37.0. The number of aromatic nitrogens is 2. The Balaban J connectivity index is 1.96. The maximum absolute atomic E-state index is 14.1. The minimum absolute atomic E-state index is 0.0663. The molecule has 0 spiro atoms. The Labute approximate surface area is 229 Å². The summed E-state index contributed by atoms with van der Waals surface area (Å²) >= 11 is 0. The van der Waals surface area contributed by atoms with Crippen molar-refractivity contribution in [3.8, 4) is 5.75 Å². The lowest BCUT2D eigenvalue weighted by Crippen LogP contribution is -2.46. The number of rotatable bonds is 13. The molecule has 218 valence electrons. The minimum atomic E-state index is -4.52. The van der Waals surface area contributed by atoms with E-state index < -0.39 is 56.2 Å². The van der Waals surface area contributed by atoms with Crippen molar-refractivity contribution in [1.82, 2.24) is 14.6 Å². The number of hydrogen-bond donors (Lipinski definition) is 4. The molecule has 0 radical (unpaired) electrons. The second kappa shape index (κ2) is 13.2. The molecule has 2 heterocycles. The first kappa shape index (κ1) is 31.0. The van der Waals surface area contributed by atoms with E-state index in [1.807, 2.05) is 6.92 Å². The van der Waals surface area contributed by atoms with Crippen LogP contribution in [0, 0.1) is 5.92 Å². The van der Waals surface area contributed by atoms with Gasteiger partial charge in [0.1, 0.15) is 29.8 Å². The zero-order valence-corrected chi connectivity index (χ0v) is 23.0. The lowest BCUT2D eigenvalue weighted by atomic mass is 10.0. The number of benzene rings is 1. The van der Waals surface area contributed by atoms with Crippen LogP contribution in [0.15, 0.2) is 52.5 Å². The van der Waals surface area contributed by atoms with Crippen molar-refractivity contribution in [2.24, 2.45) is 11.0 Å². The number of nitrogens with two attached hydrogens (primary N) is 1. The van der Waals surface area contributed by atoms with Crippen molar-refractivity contribution in [1.29, 1.82) is 0 Å². The van der Waals surface area contributed by atoms with Crippen molar-refractivity contribution in [3.63, 3.8) is 0 Å². The van der Waals surface area contributed by atoms with Crippen LogP contribution in [-0.2, 0) is 23.4 Å². The lowest BCUT2D eigenvalue weighted by Gasteiger charge is -2.31. The van der Waals surface area contributed by atoms with Crippen LogP contribution in [-0.4, -0.2) is 62.9 Å². The Kier molecular flexibility index (Phi) is 10.3. The van der Waals surface area contributed by atoms with Crippen LogP contribution >= 0.6 is 7.75 Å². The predicted molar refractivity (Wildman–Crippen MR) is 141 cm³/mol. The van der Waals surface area contributed by atoms with E-state index in [0.29, 0.717) is 6.42 Å². The van der Waals surface area contributed by atoms with E-state index in [1.165, 1.54) is 24.4 Å². The molecule has 1 aromatic heterocycles. The summed E-state index contributed by atoms with van der Waals surface area (Å²) in [6.07, 6.45) is -3.70. The summed E-state index contributed by atoms with van der Waals surface area (Å²) in [6, 6.07) is 8.02. The number of esters is 1. The minimum Gasteiger partial charge on any atom is -0.465 e. The van der Waals surface area contributed by atoms with Gasteiger partial charge < -0.3 is 29.9 Å². The van der Waals surface area contributed by atoms with Crippen molar-refractivity contribution in [2.75, 3.05) is 18.9 Å². The van der Waals surface area contributed by atoms with E-state index in [9.17, 15) is 29.9 Å². The normalized spacial score (nSPS) is 25.3. The number of carbonyl (C=O) groups excluding carboxylic acids is 1. The van der Waals surface area contributed by atoms with E-state index >= 15 is 0 Å². The maximum Gasteiger partial charge on any atom is 0.459 e. The molecule has 17 heteroatoms. The highest BCUT2D eigenvalue weighted by atomic mass is 31.2. The molecule has 1 saturated heterocycles. The third kappa shape index (κ3) is 6.98. The van der Waals surface area contributed by atoms with Gasteiger partial charge in [0.15, 0.2) is 6.23 Å². The quantitative estimate of drug-likeness (QED) is 0.0872. The Morgan fingerprint density at radius 3 is 2.65 bits per heavy atom. The molecule has 3 rings (SSSR count). The molecule has 16 nitrogen and oxygen atoms in total. The van der Waals surface area contributed by atoms with Crippen LogP contribution in [0.2, 0.25) is 0 Å². The van der Waals surface area contributed by atoms with Crippen LogP contribution < -0.4 is 21.0 Å². The van der Waals surface area contributed by atoms with Crippen LogP contribution in [0.4, 0.5) is 5.82 Å². The summed E-state index contributed by atoms with van der Waals surface area (Å²) in [5, 5.41) is 27.7. The first-order valence-corrected chi connectivity index (χ1v) is 13.9. The fourth-order valence-corrected chi connectivity index (χ4v) is 5.49. The van der Waals surface area contributed by atoms with Crippen molar-refractivity contribution >= 4 is 19.5 Å². The lowest BCUT2D eigenvalue weighted by molar-refractivity contribution is -0.146. The number of nitrogens with one attached hydrogen (secondary N) is 1. The maximum atomic E-state index is 14.1. The van der Waals surface area contributed by atoms with Crippen LogP contribution in [0.5, 0.6) is 5.75 Å². The molecule has 1 aliphatic rings. The number of nitrogens with zero attached hydrogens (tertiary/aromatic N) is 5. The number of anilines is 1. The molecular weight excluding hydrogens is 549 g/mol. The highest BCUT2D eigenvalue weighted by molar-refractivity contribution is 7.52. The van der Waals surface area contributed by atoms with E-state index in [-0.39, 0.29) is 24.1 Å². The predicted octanol–water partition coefficient (Wildman–Crippen LogP) is 1.85. The average molecular weight is 582 g/mol. The third-order valence-electron chi connectivity index (χ3n) is 6.20. The summed E-state index contributed by atoms with van der Waals surface area (Å²) in [5.74, 6) is -1.08. The first-order chi connectivity index (χ1) is 19.0. The standard InChI is InChI=1S/C23H32N7O9P/c1-4-14(3)17(21(33)36-5-2)27-40(35,39-15-9-7-6-8-10-15)37-13-23(28-29-25)19(32)18(31)20(38-23)30-12-11-16(24)26-22(30)34/h6-12,14,17-20,31-32H,4-5,13H2,1-3H3,(H,27,35)(H2,24,26,34)/t14-,17-,18+,19-,20+,23?,40?/m0/s1. The molecule has 0 amide bonds. The number of hydrogen-bond acceptors (Lipinski definition) is 12. The van der Waals surface area contributed by atoms with Gasteiger partial charge in [-0.2, -0.15) is 10.1 Å². The third-order valence-corrected chi connectivity index (χ3v) is 7.72. The van der Waals surface area contributed by atoms with E-state index in [1.54, 1.807) is 32.0 Å². The molecule has 7 atom stereocenters. The Morgan fingerprint density at radius 2 is 2.05 bits per heavy atom. The molecule has 1 aromatic carbocycles. The SMILES string of the molecule is CCOC(=O)[C@@H](NP(=O)(OCC1(N=[N+]=[N-])O[C@@H](n2ccc(N)nc2=O)[C@H](O)[C@@H]1O)Oc1ccccc1)[C@@H](C)CC. The van der Waals surface area contributed by atoms with Crippen molar-refractivity contribution < 1.29 is 38.1 Å². The molecule has 0 aliphatic carbocycles. The second-order valence-corrected chi connectivity index (χ2v) is 10.6. The van der Waals surface area contributed by atoms with Gasteiger partial charge in [-0.05, 0) is 36.6 Å². The van der Waals surface area contributed by atoms with Crippen molar-refractivity contribution in [3.05, 3.63) is 63.5 Å². The average Bonchev–Trinajstić information content (AvgIpc) is 3.16. The van der Waals surface area contributed by atoms with Gasteiger partial charge in [-0.3, -0.25) is 13.9 Å². The molecule has 40 heavy (non-hydrogen) atoms. The van der Waals surface area contributed by atoms with Gasteiger partial charge in [-0.1, -0.05) is 43.6 Å². The molecular formula is C23H32N7O9P. The molecule has 2 unspecified atom stereocenters. The van der Waals surface area contributed by atoms with Crippen LogP contribution in [0.3, 0.4) is 0 Å². The number of nitrogen functional groups attached to an aromatic ring is 1. The Morgan fingerprint density at radius 1 is 1.35 bits per heavy atom. The molecule has 0 bridgehead atoms. The van der Waals surface area contributed by atoms with E-state index in [0.717, 1.165) is 4.57 Å². The van der Waals surface area contributed by atoms with Gasteiger partial charge in [-0.25, -0.2) is 9.36 Å². The highest BCUT2D eigenvalue weighted by Gasteiger charge is 2.56. The van der Waals surface area contributed by atoms with Crippen molar-refractivity contribution in [2.45, 2.75) is 57.4 Å². The number of para-hydroxylation sites is 1. The number of carbonyl (C=O) groups is 1. The van der Waals surface area contributed by atoms with Gasteiger partial charge in [0.25, 0.3) is 0 Å². The zero-order valence-electron chi connectivity index (χ0n) is 22.1. The van der Waals surface area contributed by atoms with Gasteiger partial charge in [0.05, 0.1) is 13.2 Å². The summed E-state index contributed by atoms with van der Waals surface area (Å²) in [5.41, 5.74) is 11.5. The summed E-state index contributed by atoms with van der Waals surface area (Å²) in [7, 11) is -4.52. The van der Waals surface area contributed by atoms with Gasteiger partial charge in [-0.15, -0.1) is 0 Å². The van der Waals surface area contributed by atoms with Gasteiger partial charge in [0.2, 0.25) is 5.72 Å². The fraction of sp³-hybridized carbons (Fsp3) is 0.522. The van der Waals surface area contributed by atoms with Gasteiger partial charge in [0, 0.05) is 11.1 Å². The second-order valence-electron chi connectivity index (χ2n) is 8.94. The Hall–Kier alpha value is -3.49. The molecule has 2 aromatic rings. The monoisotopic (exact) mass is 581 g/mol. The fourth-order valence-electron chi connectivity index (χ4n) is 3.86. The number of aliphatic hydroxyl groups is 2. The molecule has 5 N–H and O–H groups in total. The Bertz CT molecular complexity index is 1320. The molecule has 1 fully saturated rings. The van der Waals surface area contributed by atoms with Crippen LogP contribution in [0.25, 0.3) is 10.4 Å². The number of azide groups is 1. The zero-order chi connectivity index (χ0) is 29.5. The van der Waals surface area contributed by atoms with E-state index in [2.05, 4.69) is 20.1 Å². The summed E-state index contributed by atoms with van der Waals surface area (Å²) in [4.78, 5) is 31.3. The van der Waals surface area contributed by atoms with Gasteiger partial charge >= 0.3 is 19.4 Å². The number of aliphatic hydroxyl groups excluding tert-OH is 2. The van der Waals surface area contributed by atoms with Crippen LogP contribution in [0.1, 0.15) is 33.4 Å². The smallest absolute Gasteiger partial charge is 0.459 e. The largest absolute Gasteiger partial charge is 0.465 e. The number of ether oxygens (including phenoxy) is 2. The van der Waals surface area contributed by atoms with E-state index in [4.69, 9.17) is 24.3 Å².